The highest BCUT2D eigenvalue weighted by Gasteiger charge is 1.94. The van der Waals surface area contributed by atoms with Crippen molar-refractivity contribution in [3.05, 3.63) is 40.8 Å². The van der Waals surface area contributed by atoms with Crippen LogP contribution >= 0.6 is 0 Å². The van der Waals surface area contributed by atoms with Gasteiger partial charge in [0, 0.05) is 30.4 Å². The first-order valence-corrected chi connectivity index (χ1v) is 4.10. The molecule has 0 atom stereocenters. The van der Waals surface area contributed by atoms with Crippen molar-refractivity contribution in [3.8, 4) is 0 Å². The maximum absolute atomic E-state index is 11.0. The molecule has 0 amide bonds. The topological polar surface area (TPSA) is 44.9 Å². The van der Waals surface area contributed by atoms with Gasteiger partial charge in [0.1, 0.15) is 0 Å². The van der Waals surface area contributed by atoms with Crippen molar-refractivity contribution < 1.29 is 0 Å². The zero-order chi connectivity index (χ0) is 9.26. The van der Waals surface area contributed by atoms with Crippen LogP contribution in [-0.2, 0) is 0 Å². The standard InChI is InChI=1S/C10H10N2O/c1-11-9-3-2-7-5-10(13)12-6-8(7)4-9/h2-6,11H,1H3,(H,12,13). The third-order valence-electron chi connectivity index (χ3n) is 2.03. The number of H-pyrrole nitrogens is 1. The maximum atomic E-state index is 11.0. The highest BCUT2D eigenvalue weighted by Crippen LogP contribution is 2.15. The second kappa shape index (κ2) is 2.94. The summed E-state index contributed by atoms with van der Waals surface area (Å²) in [6.45, 7) is 0. The Morgan fingerprint density at radius 3 is 2.85 bits per heavy atom. The Kier molecular flexibility index (Phi) is 1.77. The molecule has 0 aliphatic rings. The predicted molar refractivity (Wildman–Crippen MR) is 54.1 cm³/mol. The van der Waals surface area contributed by atoms with Gasteiger partial charge in [0.25, 0.3) is 0 Å². The van der Waals surface area contributed by atoms with E-state index in [1.165, 1.54) is 0 Å². The molecule has 0 saturated heterocycles. The van der Waals surface area contributed by atoms with Gasteiger partial charge in [-0.2, -0.15) is 0 Å². The predicted octanol–water partition coefficient (Wildman–Crippen LogP) is 1.57. The second-order valence-corrected chi connectivity index (χ2v) is 2.89. The minimum Gasteiger partial charge on any atom is -0.388 e. The minimum atomic E-state index is -0.0651. The molecule has 3 nitrogen and oxygen atoms in total. The molecule has 66 valence electrons. The number of nitrogens with one attached hydrogen (secondary N) is 2. The zero-order valence-electron chi connectivity index (χ0n) is 7.29. The van der Waals surface area contributed by atoms with Gasteiger partial charge in [-0.25, -0.2) is 0 Å². The van der Waals surface area contributed by atoms with Crippen LogP contribution in [0.4, 0.5) is 5.69 Å². The molecule has 3 heteroatoms. The molecule has 2 aromatic rings. The second-order valence-electron chi connectivity index (χ2n) is 2.89. The first-order chi connectivity index (χ1) is 6.29. The molecular weight excluding hydrogens is 164 g/mol. The van der Waals surface area contributed by atoms with Gasteiger partial charge in [0.15, 0.2) is 0 Å². The molecule has 2 rings (SSSR count). The van der Waals surface area contributed by atoms with Crippen molar-refractivity contribution in [2.24, 2.45) is 0 Å². The molecular formula is C10H10N2O. The van der Waals surface area contributed by atoms with Gasteiger partial charge < -0.3 is 10.3 Å². The van der Waals surface area contributed by atoms with E-state index < -0.39 is 0 Å². The lowest BCUT2D eigenvalue weighted by Gasteiger charge is -2.01. The molecule has 0 fully saturated rings. The molecule has 0 unspecified atom stereocenters. The lowest BCUT2D eigenvalue weighted by molar-refractivity contribution is 1.27. The van der Waals surface area contributed by atoms with E-state index in [1.54, 1.807) is 12.3 Å². The number of hydrogen-bond donors (Lipinski definition) is 2. The van der Waals surface area contributed by atoms with Gasteiger partial charge in [-0.05, 0) is 17.5 Å². The Hall–Kier alpha value is -1.77. The third kappa shape index (κ3) is 1.40. The number of benzene rings is 1. The molecule has 13 heavy (non-hydrogen) atoms. The summed E-state index contributed by atoms with van der Waals surface area (Å²) in [6, 6.07) is 7.46. The number of hydrogen-bond acceptors (Lipinski definition) is 2. The van der Waals surface area contributed by atoms with Gasteiger partial charge in [-0.3, -0.25) is 4.79 Å². The Labute approximate surface area is 75.4 Å². The molecule has 0 bridgehead atoms. The lowest BCUT2D eigenvalue weighted by atomic mass is 10.1. The number of pyridine rings is 1. The number of anilines is 1. The average Bonchev–Trinajstić information content (AvgIpc) is 2.17. The Balaban J connectivity index is 2.73. The van der Waals surface area contributed by atoms with Crippen LogP contribution < -0.4 is 10.9 Å². The van der Waals surface area contributed by atoms with Crippen LogP contribution in [0.5, 0.6) is 0 Å². The SMILES string of the molecule is CNc1ccc2cc(=O)[nH]cc2c1. The number of fused-ring (bicyclic) bond motifs is 1. The van der Waals surface area contributed by atoms with Gasteiger partial charge in [0.05, 0.1) is 0 Å². The zero-order valence-corrected chi connectivity index (χ0v) is 7.29. The summed E-state index contributed by atoms with van der Waals surface area (Å²) in [5, 5.41) is 5.04. The van der Waals surface area contributed by atoms with Crippen LogP contribution in [0.2, 0.25) is 0 Å². The highest BCUT2D eigenvalue weighted by atomic mass is 16.1. The molecule has 0 aliphatic heterocycles. The largest absolute Gasteiger partial charge is 0.388 e. The van der Waals surface area contributed by atoms with E-state index in [1.807, 2.05) is 25.2 Å². The van der Waals surface area contributed by atoms with E-state index in [-0.39, 0.29) is 5.56 Å². The molecule has 2 N–H and O–H groups in total. The quantitative estimate of drug-likeness (QED) is 0.689. The van der Waals surface area contributed by atoms with Crippen molar-refractivity contribution in [2.75, 3.05) is 12.4 Å². The Bertz CT molecular complexity index is 487. The molecule has 0 radical (unpaired) electrons. The summed E-state index contributed by atoms with van der Waals surface area (Å²) in [5.74, 6) is 0. The van der Waals surface area contributed by atoms with Crippen molar-refractivity contribution in [3.63, 3.8) is 0 Å². The summed E-state index contributed by atoms with van der Waals surface area (Å²) >= 11 is 0. The summed E-state index contributed by atoms with van der Waals surface area (Å²) < 4.78 is 0. The average molecular weight is 174 g/mol. The summed E-state index contributed by atoms with van der Waals surface area (Å²) in [5.41, 5.74) is 0.976. The van der Waals surface area contributed by atoms with Crippen molar-refractivity contribution >= 4 is 16.5 Å². The third-order valence-corrected chi connectivity index (χ3v) is 2.03. The molecule has 0 saturated carbocycles. The maximum Gasteiger partial charge on any atom is 0.248 e. The lowest BCUT2D eigenvalue weighted by Crippen LogP contribution is -2.01. The van der Waals surface area contributed by atoms with E-state index in [0.29, 0.717) is 0 Å². The minimum absolute atomic E-state index is 0.0651. The van der Waals surface area contributed by atoms with E-state index in [4.69, 9.17) is 0 Å². The van der Waals surface area contributed by atoms with E-state index in [0.717, 1.165) is 16.5 Å². The van der Waals surface area contributed by atoms with Gasteiger partial charge in [0.2, 0.25) is 5.56 Å². The van der Waals surface area contributed by atoms with Crippen LogP contribution in [-0.4, -0.2) is 12.0 Å². The van der Waals surface area contributed by atoms with Crippen LogP contribution in [0.15, 0.2) is 35.3 Å². The van der Waals surface area contributed by atoms with Crippen LogP contribution in [0.1, 0.15) is 0 Å². The van der Waals surface area contributed by atoms with Gasteiger partial charge >= 0.3 is 0 Å². The van der Waals surface area contributed by atoms with Crippen LogP contribution in [0, 0.1) is 0 Å². The van der Waals surface area contributed by atoms with Crippen molar-refractivity contribution in [1.29, 1.82) is 0 Å². The smallest absolute Gasteiger partial charge is 0.248 e. The first-order valence-electron chi connectivity index (χ1n) is 4.10. The van der Waals surface area contributed by atoms with Crippen LogP contribution in [0.3, 0.4) is 0 Å². The number of aromatic nitrogens is 1. The molecule has 1 aromatic carbocycles. The van der Waals surface area contributed by atoms with E-state index >= 15 is 0 Å². The van der Waals surface area contributed by atoms with Gasteiger partial charge in [-0.15, -0.1) is 0 Å². The fourth-order valence-corrected chi connectivity index (χ4v) is 1.32. The normalized spacial score (nSPS) is 10.2. The van der Waals surface area contributed by atoms with Gasteiger partial charge in [-0.1, -0.05) is 6.07 Å². The fourth-order valence-electron chi connectivity index (χ4n) is 1.32. The van der Waals surface area contributed by atoms with E-state index in [2.05, 4.69) is 10.3 Å². The van der Waals surface area contributed by atoms with E-state index in [9.17, 15) is 4.79 Å². The molecule has 0 aliphatic carbocycles. The monoisotopic (exact) mass is 174 g/mol. The van der Waals surface area contributed by atoms with Crippen LogP contribution in [0.25, 0.3) is 10.8 Å². The Morgan fingerprint density at radius 1 is 1.23 bits per heavy atom. The van der Waals surface area contributed by atoms with Crippen molar-refractivity contribution in [1.82, 2.24) is 4.98 Å². The summed E-state index contributed by atoms with van der Waals surface area (Å²) in [7, 11) is 1.87. The molecule has 1 heterocycles. The first kappa shape index (κ1) is 7.86. The molecule has 0 spiro atoms. The number of rotatable bonds is 1. The highest BCUT2D eigenvalue weighted by molar-refractivity contribution is 5.84. The summed E-state index contributed by atoms with van der Waals surface area (Å²) in [6.07, 6.45) is 1.72. The summed E-state index contributed by atoms with van der Waals surface area (Å²) in [4.78, 5) is 13.6. The molecule has 1 aromatic heterocycles. The Morgan fingerprint density at radius 2 is 2.08 bits per heavy atom. The van der Waals surface area contributed by atoms with Crippen molar-refractivity contribution in [2.45, 2.75) is 0 Å². The fraction of sp³-hybridized carbons (Fsp3) is 0.100. The number of aromatic amines is 1.